The molecule has 18 heavy (non-hydrogen) atoms. The van der Waals surface area contributed by atoms with E-state index in [1.54, 1.807) is 0 Å². The Labute approximate surface area is 108 Å². The van der Waals surface area contributed by atoms with E-state index in [1.807, 2.05) is 6.92 Å². The quantitative estimate of drug-likeness (QED) is 0.813. The van der Waals surface area contributed by atoms with E-state index in [0.717, 1.165) is 6.07 Å². The number of thioether (sulfide) groups is 1. The topological polar surface area (TPSA) is 46.2 Å². The van der Waals surface area contributed by atoms with Gasteiger partial charge in [-0.2, -0.15) is 24.9 Å². The van der Waals surface area contributed by atoms with E-state index in [4.69, 9.17) is 10.8 Å². The van der Waals surface area contributed by atoms with Crippen molar-refractivity contribution >= 4 is 17.4 Å². The molecule has 1 rings (SSSR count). The lowest BCUT2D eigenvalue weighted by molar-refractivity contribution is -0.138. The van der Waals surface area contributed by atoms with Crippen LogP contribution in [-0.4, -0.2) is 17.0 Å². The van der Waals surface area contributed by atoms with Crippen LogP contribution in [0, 0.1) is 0 Å². The first-order valence-electron chi connectivity index (χ1n) is 5.52. The van der Waals surface area contributed by atoms with Gasteiger partial charge in [-0.05, 0) is 24.1 Å². The van der Waals surface area contributed by atoms with Crippen LogP contribution in [0.3, 0.4) is 0 Å². The number of aliphatic hydroxyl groups is 1. The number of hydrogen-bond donors (Lipinski definition) is 2. The molecule has 2 nitrogen and oxygen atoms in total. The van der Waals surface area contributed by atoms with E-state index in [0.29, 0.717) is 6.42 Å². The molecule has 0 spiro atoms. The number of benzene rings is 1. The van der Waals surface area contributed by atoms with Gasteiger partial charge in [0.1, 0.15) is 0 Å². The summed E-state index contributed by atoms with van der Waals surface area (Å²) in [6.45, 7) is 1.92. The number of aliphatic hydroxyl groups excluding tert-OH is 1. The van der Waals surface area contributed by atoms with Crippen LogP contribution in [0.1, 0.15) is 24.5 Å². The van der Waals surface area contributed by atoms with Gasteiger partial charge in [0.05, 0.1) is 5.56 Å². The highest BCUT2D eigenvalue weighted by molar-refractivity contribution is 7.99. The van der Waals surface area contributed by atoms with Gasteiger partial charge in [0, 0.05) is 23.3 Å². The first-order valence-corrected chi connectivity index (χ1v) is 6.57. The van der Waals surface area contributed by atoms with Crippen molar-refractivity contribution in [1.82, 2.24) is 0 Å². The Balaban J connectivity index is 2.82. The van der Waals surface area contributed by atoms with Crippen molar-refractivity contribution < 1.29 is 18.3 Å². The summed E-state index contributed by atoms with van der Waals surface area (Å²) in [5.41, 5.74) is 5.05. The molecule has 3 N–H and O–H groups in total. The molecule has 0 saturated heterocycles. The molecule has 0 bridgehead atoms. The van der Waals surface area contributed by atoms with Gasteiger partial charge in [-0.1, -0.05) is 13.0 Å². The fourth-order valence-electron chi connectivity index (χ4n) is 1.48. The van der Waals surface area contributed by atoms with Gasteiger partial charge in [0.15, 0.2) is 0 Å². The highest BCUT2D eigenvalue weighted by Gasteiger charge is 2.33. The average Bonchev–Trinajstić information content (AvgIpc) is 2.26. The van der Waals surface area contributed by atoms with E-state index >= 15 is 0 Å². The zero-order valence-corrected chi connectivity index (χ0v) is 10.8. The molecule has 0 aliphatic rings. The van der Waals surface area contributed by atoms with Crippen LogP contribution in [-0.2, 0) is 11.9 Å². The maximum absolute atomic E-state index is 12.8. The molecule has 0 saturated carbocycles. The summed E-state index contributed by atoms with van der Waals surface area (Å²) in [4.78, 5) is 0. The van der Waals surface area contributed by atoms with Crippen LogP contribution in [0.2, 0.25) is 0 Å². The molecule has 1 unspecified atom stereocenters. The minimum absolute atomic E-state index is 0.0437. The molecule has 0 fully saturated rings. The second kappa shape index (κ2) is 6.33. The Hall–Kier alpha value is -0.880. The smallest absolute Gasteiger partial charge is 0.399 e. The minimum Gasteiger partial charge on any atom is -0.399 e. The Kier molecular flexibility index (Phi) is 5.34. The zero-order valence-electron chi connectivity index (χ0n) is 10.00. The van der Waals surface area contributed by atoms with Gasteiger partial charge in [-0.15, -0.1) is 0 Å². The van der Waals surface area contributed by atoms with Crippen molar-refractivity contribution in [3.63, 3.8) is 0 Å². The predicted octanol–water partition coefficient (Wildman–Crippen LogP) is 3.29. The fraction of sp³-hybridized carbons (Fsp3) is 0.500. The summed E-state index contributed by atoms with van der Waals surface area (Å²) >= 11 is 1.39. The van der Waals surface area contributed by atoms with Crippen LogP contribution in [0.4, 0.5) is 18.9 Å². The fourth-order valence-corrected chi connectivity index (χ4v) is 2.47. The molecule has 0 amide bonds. The van der Waals surface area contributed by atoms with Crippen molar-refractivity contribution in [2.45, 2.75) is 30.5 Å². The Morgan fingerprint density at radius 3 is 2.61 bits per heavy atom. The predicted molar refractivity (Wildman–Crippen MR) is 68.3 cm³/mol. The summed E-state index contributed by atoms with van der Waals surface area (Å²) < 4.78 is 38.4. The van der Waals surface area contributed by atoms with Crippen LogP contribution in [0.5, 0.6) is 0 Å². The number of hydrogen-bond acceptors (Lipinski definition) is 3. The molecular weight excluding hydrogens is 263 g/mol. The van der Waals surface area contributed by atoms with Gasteiger partial charge >= 0.3 is 6.18 Å². The average molecular weight is 279 g/mol. The van der Waals surface area contributed by atoms with Gasteiger partial charge in [0.25, 0.3) is 0 Å². The molecule has 0 radical (unpaired) electrons. The molecule has 0 heterocycles. The number of alkyl halides is 3. The third kappa shape index (κ3) is 4.42. The number of nitrogens with two attached hydrogens (primary N) is 1. The molecule has 0 aromatic heterocycles. The molecule has 0 aliphatic carbocycles. The normalized spacial score (nSPS) is 13.6. The summed E-state index contributed by atoms with van der Waals surface area (Å²) in [7, 11) is 0. The number of halogens is 3. The molecule has 1 aromatic rings. The van der Waals surface area contributed by atoms with E-state index < -0.39 is 11.7 Å². The van der Waals surface area contributed by atoms with Crippen molar-refractivity contribution in [3.05, 3.63) is 29.3 Å². The molecule has 0 aliphatic heterocycles. The Morgan fingerprint density at radius 2 is 2.06 bits per heavy atom. The van der Waals surface area contributed by atoms with Crippen molar-refractivity contribution in [2.24, 2.45) is 0 Å². The summed E-state index contributed by atoms with van der Waals surface area (Å²) in [5, 5.41) is 8.86. The highest BCUT2D eigenvalue weighted by Crippen LogP contribution is 2.35. The monoisotopic (exact) mass is 279 g/mol. The standard InChI is InChI=1S/C12H16F3NOS/c1-8(4-5-17)18-7-9-2-3-10(16)6-11(9)12(13,14)15/h2-3,6,8,17H,4-5,7,16H2,1H3. The van der Waals surface area contributed by atoms with Crippen LogP contribution in [0.15, 0.2) is 18.2 Å². The number of nitrogen functional groups attached to an aromatic ring is 1. The lowest BCUT2D eigenvalue weighted by Gasteiger charge is -2.15. The summed E-state index contributed by atoms with van der Waals surface area (Å²) in [6, 6.07) is 3.85. The first kappa shape index (κ1) is 15.2. The number of rotatable bonds is 5. The third-order valence-electron chi connectivity index (χ3n) is 2.50. The van der Waals surface area contributed by atoms with Crippen LogP contribution in [0.25, 0.3) is 0 Å². The number of anilines is 1. The highest BCUT2D eigenvalue weighted by atomic mass is 32.2. The lowest BCUT2D eigenvalue weighted by Crippen LogP contribution is -2.10. The SMILES string of the molecule is CC(CCO)SCc1ccc(N)cc1C(F)(F)F. The molecule has 1 aromatic carbocycles. The summed E-state index contributed by atoms with van der Waals surface area (Å²) in [6.07, 6.45) is -3.81. The van der Waals surface area contributed by atoms with Gasteiger partial charge in [-0.25, -0.2) is 0 Å². The summed E-state index contributed by atoms with van der Waals surface area (Å²) in [5.74, 6) is 0.260. The van der Waals surface area contributed by atoms with E-state index in [-0.39, 0.29) is 28.9 Å². The second-order valence-electron chi connectivity index (χ2n) is 4.05. The minimum atomic E-state index is -4.38. The van der Waals surface area contributed by atoms with Gasteiger partial charge < -0.3 is 10.8 Å². The second-order valence-corrected chi connectivity index (χ2v) is 5.47. The van der Waals surface area contributed by atoms with Gasteiger partial charge in [-0.3, -0.25) is 0 Å². The molecule has 6 heteroatoms. The largest absolute Gasteiger partial charge is 0.416 e. The zero-order chi connectivity index (χ0) is 13.8. The van der Waals surface area contributed by atoms with Crippen LogP contribution < -0.4 is 5.73 Å². The molecular formula is C12H16F3NOS. The van der Waals surface area contributed by atoms with Gasteiger partial charge in [0.2, 0.25) is 0 Å². The maximum atomic E-state index is 12.8. The van der Waals surface area contributed by atoms with E-state index in [1.165, 1.54) is 23.9 Å². The molecule has 1 atom stereocenters. The van der Waals surface area contributed by atoms with Crippen molar-refractivity contribution in [1.29, 1.82) is 0 Å². The Morgan fingerprint density at radius 1 is 1.39 bits per heavy atom. The maximum Gasteiger partial charge on any atom is 0.416 e. The van der Waals surface area contributed by atoms with E-state index in [9.17, 15) is 13.2 Å². The molecule has 102 valence electrons. The van der Waals surface area contributed by atoms with Crippen molar-refractivity contribution in [3.8, 4) is 0 Å². The Bertz CT molecular complexity index is 395. The van der Waals surface area contributed by atoms with Crippen LogP contribution >= 0.6 is 11.8 Å². The first-order chi connectivity index (χ1) is 8.34. The lowest BCUT2D eigenvalue weighted by atomic mass is 10.1. The van der Waals surface area contributed by atoms with Crippen molar-refractivity contribution in [2.75, 3.05) is 12.3 Å². The third-order valence-corrected chi connectivity index (χ3v) is 3.78. The van der Waals surface area contributed by atoms with E-state index in [2.05, 4.69) is 0 Å².